The molecule has 2 aliphatic rings. The summed E-state index contributed by atoms with van der Waals surface area (Å²) in [5, 5.41) is 12.6. The zero-order valence-corrected chi connectivity index (χ0v) is 11.5. The van der Waals surface area contributed by atoms with Gasteiger partial charge in [0.2, 0.25) is 0 Å². The molecule has 0 saturated heterocycles. The van der Waals surface area contributed by atoms with Crippen LogP contribution in [-0.2, 0) is 0 Å². The molecule has 4 nitrogen and oxygen atoms in total. The maximum atomic E-state index is 11.2. The Morgan fingerprint density at radius 1 is 1.39 bits per heavy atom. The lowest BCUT2D eigenvalue weighted by atomic mass is 10.1. The fourth-order valence-corrected chi connectivity index (χ4v) is 2.74. The highest BCUT2D eigenvalue weighted by Crippen LogP contribution is 2.45. The average Bonchev–Trinajstić information content (AvgIpc) is 3.19. The number of hydrogen-bond acceptors (Lipinski definition) is 3. The van der Waals surface area contributed by atoms with Crippen molar-refractivity contribution < 1.29 is 9.90 Å². The van der Waals surface area contributed by atoms with Crippen LogP contribution >= 0.6 is 15.9 Å². The number of nitrogens with one attached hydrogen (secondary N) is 1. The molecule has 96 valence electrons. The van der Waals surface area contributed by atoms with Crippen LogP contribution in [0.3, 0.4) is 0 Å². The molecule has 2 aliphatic carbocycles. The number of carboxylic acid groups (broad SMARTS) is 1. The number of halogens is 1. The van der Waals surface area contributed by atoms with Crippen LogP contribution in [0.1, 0.15) is 36.0 Å². The van der Waals surface area contributed by atoms with Gasteiger partial charge >= 0.3 is 5.97 Å². The monoisotopic (exact) mass is 310 g/mol. The summed E-state index contributed by atoms with van der Waals surface area (Å²) in [6.45, 7) is 0. The van der Waals surface area contributed by atoms with Gasteiger partial charge in [0.15, 0.2) is 0 Å². The van der Waals surface area contributed by atoms with E-state index < -0.39 is 5.97 Å². The number of carbonyl (C=O) groups is 1. The van der Waals surface area contributed by atoms with Crippen LogP contribution < -0.4 is 5.32 Å². The summed E-state index contributed by atoms with van der Waals surface area (Å²) in [4.78, 5) is 15.4. The molecule has 1 heterocycles. The Labute approximate surface area is 114 Å². The smallest absolute Gasteiger partial charge is 0.339 e. The largest absolute Gasteiger partial charge is 0.478 e. The topological polar surface area (TPSA) is 62.2 Å². The third kappa shape index (κ3) is 2.51. The molecule has 0 aromatic carbocycles. The van der Waals surface area contributed by atoms with Gasteiger partial charge in [-0.2, -0.15) is 0 Å². The van der Waals surface area contributed by atoms with E-state index in [0.29, 0.717) is 28.2 Å². The van der Waals surface area contributed by atoms with E-state index in [1.807, 2.05) is 0 Å². The van der Waals surface area contributed by atoms with Crippen molar-refractivity contribution in [1.29, 1.82) is 0 Å². The summed E-state index contributed by atoms with van der Waals surface area (Å²) >= 11 is 3.26. The highest BCUT2D eigenvalue weighted by Gasteiger charge is 2.41. The summed E-state index contributed by atoms with van der Waals surface area (Å²) in [5.41, 5.74) is 0.246. The van der Waals surface area contributed by atoms with Crippen LogP contribution in [0.2, 0.25) is 0 Å². The molecule has 2 saturated carbocycles. The van der Waals surface area contributed by atoms with Crippen molar-refractivity contribution in [1.82, 2.24) is 4.98 Å². The fraction of sp³-hybridized carbons (Fsp3) is 0.538. The van der Waals surface area contributed by atoms with Crippen molar-refractivity contribution in [2.75, 3.05) is 5.32 Å². The van der Waals surface area contributed by atoms with Crippen LogP contribution in [0.5, 0.6) is 0 Å². The summed E-state index contributed by atoms with van der Waals surface area (Å²) in [6, 6.07) is 2.02. The Morgan fingerprint density at radius 3 is 2.50 bits per heavy atom. The minimum Gasteiger partial charge on any atom is -0.478 e. The lowest BCUT2D eigenvalue weighted by molar-refractivity contribution is 0.0697. The molecule has 0 amide bonds. The number of carboxylic acids is 1. The highest BCUT2D eigenvalue weighted by molar-refractivity contribution is 9.10. The minimum absolute atomic E-state index is 0.246. The van der Waals surface area contributed by atoms with E-state index in [4.69, 9.17) is 0 Å². The van der Waals surface area contributed by atoms with Crippen LogP contribution in [0.25, 0.3) is 0 Å². The zero-order chi connectivity index (χ0) is 12.7. The number of aromatic nitrogens is 1. The molecule has 0 aliphatic heterocycles. The number of aromatic carboxylic acids is 1. The van der Waals surface area contributed by atoms with Crippen molar-refractivity contribution in [3.63, 3.8) is 0 Å². The molecule has 0 radical (unpaired) electrons. The van der Waals surface area contributed by atoms with E-state index in [1.165, 1.54) is 25.7 Å². The molecule has 3 rings (SSSR count). The van der Waals surface area contributed by atoms with Gasteiger partial charge in [0.25, 0.3) is 0 Å². The minimum atomic E-state index is -0.934. The number of nitrogens with zero attached hydrogens (tertiary/aromatic N) is 1. The van der Waals surface area contributed by atoms with E-state index >= 15 is 0 Å². The Balaban J connectivity index is 1.84. The lowest BCUT2D eigenvalue weighted by Gasteiger charge is -2.19. The molecule has 2 fully saturated rings. The predicted molar refractivity (Wildman–Crippen MR) is 71.8 cm³/mol. The van der Waals surface area contributed by atoms with E-state index in [-0.39, 0.29) is 5.56 Å². The first kappa shape index (κ1) is 12.0. The molecule has 1 aromatic heterocycles. The molecular formula is C13H15BrN2O2. The first-order valence-corrected chi connectivity index (χ1v) is 7.10. The number of anilines is 1. The molecule has 1 aromatic rings. The van der Waals surface area contributed by atoms with Crippen LogP contribution in [0, 0.1) is 11.8 Å². The van der Waals surface area contributed by atoms with Crippen LogP contribution in [0.4, 0.5) is 5.82 Å². The first-order valence-electron chi connectivity index (χ1n) is 6.30. The SMILES string of the molecule is O=C(O)c1cc(Br)cnc1NC(C1CC1)C1CC1. The van der Waals surface area contributed by atoms with Gasteiger partial charge in [0.05, 0.1) is 0 Å². The third-order valence-corrected chi connectivity index (χ3v) is 4.08. The zero-order valence-electron chi connectivity index (χ0n) is 9.90. The Bertz CT molecular complexity index is 472. The maximum Gasteiger partial charge on any atom is 0.339 e. The van der Waals surface area contributed by atoms with Gasteiger partial charge in [0, 0.05) is 16.7 Å². The van der Waals surface area contributed by atoms with E-state index in [0.717, 1.165) is 0 Å². The normalized spacial score (nSPS) is 19.0. The first-order chi connectivity index (χ1) is 8.65. The van der Waals surface area contributed by atoms with Gasteiger partial charge < -0.3 is 10.4 Å². The molecule has 0 bridgehead atoms. The van der Waals surface area contributed by atoms with E-state index in [9.17, 15) is 9.90 Å². The third-order valence-electron chi connectivity index (χ3n) is 3.65. The summed E-state index contributed by atoms with van der Waals surface area (Å²) in [7, 11) is 0. The van der Waals surface area contributed by atoms with E-state index in [1.54, 1.807) is 12.3 Å². The molecular weight excluding hydrogens is 296 g/mol. The van der Waals surface area contributed by atoms with Crippen molar-refractivity contribution in [2.45, 2.75) is 31.7 Å². The molecule has 0 atom stereocenters. The molecule has 18 heavy (non-hydrogen) atoms. The summed E-state index contributed by atoms with van der Waals surface area (Å²) in [5.74, 6) is 1.00. The lowest BCUT2D eigenvalue weighted by Crippen LogP contribution is -2.26. The standard InChI is InChI=1S/C13H15BrN2O2/c14-9-5-10(13(17)18)12(15-6-9)16-11(7-1-2-7)8-3-4-8/h5-8,11H,1-4H2,(H,15,16)(H,17,18). The molecule has 0 spiro atoms. The maximum absolute atomic E-state index is 11.2. The Kier molecular flexibility index (Phi) is 3.01. The van der Waals surface area contributed by atoms with Gasteiger partial charge in [-0.15, -0.1) is 0 Å². The van der Waals surface area contributed by atoms with Crippen molar-refractivity contribution in [3.05, 3.63) is 22.3 Å². The van der Waals surface area contributed by atoms with Gasteiger partial charge in [-0.1, -0.05) is 0 Å². The molecule has 2 N–H and O–H groups in total. The highest BCUT2D eigenvalue weighted by atomic mass is 79.9. The molecule has 5 heteroatoms. The molecule has 0 unspecified atom stereocenters. The average molecular weight is 311 g/mol. The Morgan fingerprint density at radius 2 is 2.00 bits per heavy atom. The number of pyridine rings is 1. The predicted octanol–water partition coefficient (Wildman–Crippen LogP) is 3.14. The fourth-order valence-electron chi connectivity index (χ4n) is 2.41. The van der Waals surface area contributed by atoms with E-state index in [2.05, 4.69) is 26.2 Å². The summed E-state index contributed by atoms with van der Waals surface area (Å²) < 4.78 is 0.694. The van der Waals surface area contributed by atoms with Gasteiger partial charge in [-0.05, 0) is 59.5 Å². The second-order valence-corrected chi connectivity index (χ2v) is 6.12. The number of hydrogen-bond donors (Lipinski definition) is 2. The second kappa shape index (κ2) is 4.53. The number of rotatable bonds is 5. The van der Waals surface area contributed by atoms with Gasteiger partial charge in [-0.3, -0.25) is 0 Å². The summed E-state index contributed by atoms with van der Waals surface area (Å²) in [6.07, 6.45) is 6.67. The second-order valence-electron chi connectivity index (χ2n) is 5.20. The quantitative estimate of drug-likeness (QED) is 0.877. The van der Waals surface area contributed by atoms with Crippen LogP contribution in [-0.4, -0.2) is 22.1 Å². The Hall–Kier alpha value is -1.10. The van der Waals surface area contributed by atoms with Crippen molar-refractivity contribution >= 4 is 27.7 Å². The van der Waals surface area contributed by atoms with Gasteiger partial charge in [0.1, 0.15) is 11.4 Å². The van der Waals surface area contributed by atoms with Gasteiger partial charge in [-0.25, -0.2) is 9.78 Å². The van der Waals surface area contributed by atoms with Crippen LogP contribution in [0.15, 0.2) is 16.7 Å². The van der Waals surface area contributed by atoms with Crippen molar-refractivity contribution in [2.24, 2.45) is 11.8 Å². The van der Waals surface area contributed by atoms with Crippen molar-refractivity contribution in [3.8, 4) is 0 Å².